The highest BCUT2D eigenvalue weighted by atomic mass is 35.5. The maximum absolute atomic E-state index is 12.6. The number of hydrogen-bond donors (Lipinski definition) is 3. The Hall–Kier alpha value is -1.46. The third-order valence-electron chi connectivity index (χ3n) is 4.48. The number of carbonyl (C=O) groups is 1. The van der Waals surface area contributed by atoms with Crippen LogP contribution in [0.1, 0.15) is 22.2 Å². The lowest BCUT2D eigenvalue weighted by atomic mass is 9.95. The molecule has 0 radical (unpaired) electrons. The van der Waals surface area contributed by atoms with Crippen molar-refractivity contribution in [2.75, 3.05) is 26.2 Å². The lowest BCUT2D eigenvalue weighted by Crippen LogP contribution is -2.36. The summed E-state index contributed by atoms with van der Waals surface area (Å²) in [6, 6.07) is 7.55. The van der Waals surface area contributed by atoms with E-state index in [1.807, 2.05) is 0 Å². The number of carboxylic acid groups (broad SMARTS) is 1. The number of nitrogens with zero attached hydrogens (tertiary/aromatic N) is 1. The largest absolute Gasteiger partial charge is 0.477 e. The quantitative estimate of drug-likeness (QED) is 0.563. The summed E-state index contributed by atoms with van der Waals surface area (Å²) in [5.41, 5.74) is 0.574. The predicted molar refractivity (Wildman–Crippen MR) is 115 cm³/mol. The van der Waals surface area contributed by atoms with Gasteiger partial charge in [0.25, 0.3) is 0 Å². The number of hydrogen-bond acceptors (Lipinski definition) is 6. The van der Waals surface area contributed by atoms with Gasteiger partial charge in [-0.05, 0) is 29.8 Å². The van der Waals surface area contributed by atoms with Crippen molar-refractivity contribution in [2.24, 2.45) is 5.92 Å². The third-order valence-corrected chi connectivity index (χ3v) is 6.63. The van der Waals surface area contributed by atoms with Gasteiger partial charge < -0.3 is 15.2 Å². The Morgan fingerprint density at radius 2 is 2.03 bits per heavy atom. The standard InChI is InChI=1S/C18H19Cl2N3O5S.ClH/c19-14-3-1-11(7-15(14)20)17-12(8-21-5-6-28-17)9-23-29(26,27)13-2-4-16(18(24)25)22-10-13;/h1-4,7,10,12,17,21,23H,5-6,8-9H2,(H,24,25);1H/t12-,17-;/m0./s1. The predicted octanol–water partition coefficient (Wildman–Crippen LogP) is 2.76. The van der Waals surface area contributed by atoms with Crippen LogP contribution in [0.5, 0.6) is 0 Å². The molecule has 1 aliphatic heterocycles. The molecule has 2 heterocycles. The molecule has 3 N–H and O–H groups in total. The molecule has 1 saturated heterocycles. The number of carboxylic acids is 1. The van der Waals surface area contributed by atoms with Crippen molar-refractivity contribution in [3.8, 4) is 0 Å². The fraction of sp³-hybridized carbons (Fsp3) is 0.333. The molecular weight excluding hydrogens is 477 g/mol. The molecule has 8 nitrogen and oxygen atoms in total. The maximum atomic E-state index is 12.6. The molecule has 0 aliphatic carbocycles. The zero-order valence-corrected chi connectivity index (χ0v) is 18.7. The molecule has 12 heteroatoms. The highest BCUT2D eigenvalue weighted by molar-refractivity contribution is 7.89. The van der Waals surface area contributed by atoms with Gasteiger partial charge in [-0.2, -0.15) is 0 Å². The molecule has 0 spiro atoms. The zero-order valence-electron chi connectivity index (χ0n) is 15.5. The monoisotopic (exact) mass is 495 g/mol. The van der Waals surface area contributed by atoms with E-state index in [4.69, 9.17) is 33.0 Å². The van der Waals surface area contributed by atoms with Gasteiger partial charge in [0.2, 0.25) is 10.0 Å². The summed E-state index contributed by atoms with van der Waals surface area (Å²) in [6.07, 6.45) is 0.638. The fourth-order valence-corrected chi connectivity index (χ4v) is 4.34. The van der Waals surface area contributed by atoms with E-state index < -0.39 is 16.0 Å². The van der Waals surface area contributed by atoms with Gasteiger partial charge in [0.05, 0.1) is 22.8 Å². The Kier molecular flexibility index (Phi) is 8.86. The van der Waals surface area contributed by atoms with Crippen LogP contribution in [-0.4, -0.2) is 50.7 Å². The topological polar surface area (TPSA) is 118 Å². The molecule has 2 atom stereocenters. The second-order valence-electron chi connectivity index (χ2n) is 6.47. The molecule has 0 unspecified atom stereocenters. The summed E-state index contributed by atoms with van der Waals surface area (Å²) < 4.78 is 33.7. The van der Waals surface area contributed by atoms with E-state index in [0.29, 0.717) is 29.7 Å². The minimum absolute atomic E-state index is 0. The zero-order chi connectivity index (χ0) is 21.0. The van der Waals surface area contributed by atoms with Crippen LogP contribution < -0.4 is 10.0 Å². The average Bonchev–Trinajstić information content (AvgIpc) is 2.94. The van der Waals surface area contributed by atoms with Gasteiger partial charge in [0.15, 0.2) is 0 Å². The summed E-state index contributed by atoms with van der Waals surface area (Å²) in [5.74, 6) is -1.44. The first-order valence-corrected chi connectivity index (χ1v) is 11.0. The molecule has 0 amide bonds. The number of halogens is 3. The van der Waals surface area contributed by atoms with Crippen LogP contribution >= 0.6 is 35.6 Å². The van der Waals surface area contributed by atoms with Crippen molar-refractivity contribution in [3.05, 3.63) is 57.8 Å². The third kappa shape index (κ3) is 6.04. The first kappa shape index (κ1) is 24.8. The molecule has 1 aliphatic rings. The Bertz CT molecular complexity index is 989. The van der Waals surface area contributed by atoms with Crippen molar-refractivity contribution in [2.45, 2.75) is 11.0 Å². The van der Waals surface area contributed by atoms with Crippen LogP contribution in [0, 0.1) is 5.92 Å². The average molecular weight is 497 g/mol. The normalized spacial score (nSPS) is 19.5. The smallest absolute Gasteiger partial charge is 0.354 e. The molecule has 2 aromatic rings. The van der Waals surface area contributed by atoms with E-state index in [1.165, 1.54) is 6.07 Å². The summed E-state index contributed by atoms with van der Waals surface area (Å²) in [4.78, 5) is 14.4. The Labute approximate surface area is 190 Å². The van der Waals surface area contributed by atoms with Crippen molar-refractivity contribution in [3.63, 3.8) is 0 Å². The summed E-state index contributed by atoms with van der Waals surface area (Å²) in [6.45, 7) is 1.74. The minimum atomic E-state index is -3.87. The molecule has 164 valence electrons. The number of aromatic carboxylic acids is 1. The number of pyridine rings is 1. The van der Waals surface area contributed by atoms with Crippen LogP contribution in [0.15, 0.2) is 41.4 Å². The Balaban J connectivity index is 0.00000320. The Morgan fingerprint density at radius 1 is 1.27 bits per heavy atom. The molecule has 30 heavy (non-hydrogen) atoms. The van der Waals surface area contributed by atoms with Gasteiger partial charge in [-0.1, -0.05) is 29.3 Å². The van der Waals surface area contributed by atoms with E-state index in [0.717, 1.165) is 17.8 Å². The van der Waals surface area contributed by atoms with Gasteiger partial charge in [-0.15, -0.1) is 12.4 Å². The van der Waals surface area contributed by atoms with Gasteiger partial charge in [0.1, 0.15) is 10.6 Å². The van der Waals surface area contributed by atoms with Crippen molar-refractivity contribution >= 4 is 51.6 Å². The number of nitrogens with one attached hydrogen (secondary N) is 2. The lowest BCUT2D eigenvalue weighted by Gasteiger charge is -2.25. The van der Waals surface area contributed by atoms with E-state index in [-0.39, 0.29) is 41.6 Å². The van der Waals surface area contributed by atoms with Gasteiger partial charge in [0, 0.05) is 31.7 Å². The number of aromatic nitrogens is 1. The van der Waals surface area contributed by atoms with Gasteiger partial charge in [-0.25, -0.2) is 22.9 Å². The number of ether oxygens (including phenoxy) is 1. The highest BCUT2D eigenvalue weighted by Crippen LogP contribution is 2.32. The summed E-state index contributed by atoms with van der Waals surface area (Å²) >= 11 is 12.1. The van der Waals surface area contributed by atoms with Crippen molar-refractivity contribution in [1.29, 1.82) is 0 Å². The minimum Gasteiger partial charge on any atom is -0.477 e. The summed E-state index contributed by atoms with van der Waals surface area (Å²) in [5, 5.41) is 12.9. The molecule has 3 rings (SSSR count). The van der Waals surface area contributed by atoms with Crippen molar-refractivity contribution in [1.82, 2.24) is 15.0 Å². The van der Waals surface area contributed by atoms with Crippen LogP contribution in [-0.2, 0) is 14.8 Å². The Morgan fingerprint density at radius 3 is 2.67 bits per heavy atom. The fourth-order valence-electron chi connectivity index (χ4n) is 2.99. The van der Waals surface area contributed by atoms with E-state index in [1.54, 1.807) is 18.2 Å². The van der Waals surface area contributed by atoms with E-state index in [9.17, 15) is 13.2 Å². The van der Waals surface area contributed by atoms with Gasteiger partial charge in [-0.3, -0.25) is 0 Å². The molecule has 0 saturated carbocycles. The maximum Gasteiger partial charge on any atom is 0.354 e. The summed E-state index contributed by atoms with van der Waals surface area (Å²) in [7, 11) is -3.87. The highest BCUT2D eigenvalue weighted by Gasteiger charge is 2.28. The number of sulfonamides is 1. The lowest BCUT2D eigenvalue weighted by molar-refractivity contribution is 0.0322. The van der Waals surface area contributed by atoms with E-state index >= 15 is 0 Å². The second kappa shape index (κ2) is 10.7. The van der Waals surface area contributed by atoms with Crippen molar-refractivity contribution < 1.29 is 23.1 Å². The van der Waals surface area contributed by atoms with E-state index in [2.05, 4.69) is 15.0 Å². The SMILES string of the molecule is Cl.O=C(O)c1ccc(S(=O)(=O)NC[C@@H]2CNCCO[C@H]2c2ccc(Cl)c(Cl)c2)cn1. The molecule has 1 aromatic carbocycles. The first-order chi connectivity index (χ1) is 13.8. The first-order valence-electron chi connectivity index (χ1n) is 8.74. The molecular formula is C18H20Cl3N3O5S. The second-order valence-corrected chi connectivity index (χ2v) is 9.05. The molecule has 0 bridgehead atoms. The van der Waals surface area contributed by atoms with Crippen LogP contribution in [0.25, 0.3) is 0 Å². The molecule has 1 aromatic heterocycles. The van der Waals surface area contributed by atoms with Crippen LogP contribution in [0.4, 0.5) is 0 Å². The number of rotatable bonds is 6. The van der Waals surface area contributed by atoms with Crippen LogP contribution in [0.3, 0.4) is 0 Å². The van der Waals surface area contributed by atoms with Crippen LogP contribution in [0.2, 0.25) is 10.0 Å². The number of benzene rings is 1. The van der Waals surface area contributed by atoms with Gasteiger partial charge >= 0.3 is 5.97 Å². The molecule has 1 fully saturated rings.